The molecule has 0 unspecified atom stereocenters. The molecule has 4 nitrogen and oxygen atoms in total. The van der Waals surface area contributed by atoms with E-state index in [0.717, 1.165) is 18.8 Å². The molecular weight excluding hydrogens is 240 g/mol. The second-order valence-electron chi connectivity index (χ2n) is 6.30. The standard InChI is InChI=1S/C15H30N2O2/c1-4-15(2,3)12-5-7-13(8-6-12)17-14(18)11-19-10-9-16/h12-13H,4-11,16H2,1-3H3,(H,17,18). The summed E-state index contributed by atoms with van der Waals surface area (Å²) in [6.07, 6.45) is 5.85. The molecule has 0 atom stereocenters. The summed E-state index contributed by atoms with van der Waals surface area (Å²) in [4.78, 5) is 11.6. The van der Waals surface area contributed by atoms with Gasteiger partial charge in [0.05, 0.1) is 6.61 Å². The van der Waals surface area contributed by atoms with Crippen molar-refractivity contribution in [3.8, 4) is 0 Å². The highest BCUT2D eigenvalue weighted by atomic mass is 16.5. The third-order valence-electron chi connectivity index (χ3n) is 4.60. The van der Waals surface area contributed by atoms with Gasteiger partial charge in [-0.25, -0.2) is 0 Å². The molecule has 4 heteroatoms. The van der Waals surface area contributed by atoms with Crippen molar-refractivity contribution in [3.05, 3.63) is 0 Å². The smallest absolute Gasteiger partial charge is 0.246 e. The van der Waals surface area contributed by atoms with Gasteiger partial charge in [0.15, 0.2) is 0 Å². The molecule has 1 aliphatic carbocycles. The van der Waals surface area contributed by atoms with Crippen LogP contribution in [0, 0.1) is 11.3 Å². The number of ether oxygens (including phenoxy) is 1. The molecule has 19 heavy (non-hydrogen) atoms. The number of nitrogens with one attached hydrogen (secondary N) is 1. The lowest BCUT2D eigenvalue weighted by molar-refractivity contribution is -0.126. The van der Waals surface area contributed by atoms with Crippen molar-refractivity contribution < 1.29 is 9.53 Å². The molecule has 0 aliphatic heterocycles. The fraction of sp³-hybridized carbons (Fsp3) is 0.933. The lowest BCUT2D eigenvalue weighted by atomic mass is 9.69. The summed E-state index contributed by atoms with van der Waals surface area (Å²) < 4.78 is 5.14. The second kappa shape index (κ2) is 7.85. The Labute approximate surface area is 117 Å². The third kappa shape index (κ3) is 5.49. The molecule has 0 aromatic rings. The molecule has 0 heterocycles. The van der Waals surface area contributed by atoms with Crippen LogP contribution in [-0.4, -0.2) is 31.7 Å². The Hall–Kier alpha value is -0.610. The van der Waals surface area contributed by atoms with Crippen LogP contribution < -0.4 is 11.1 Å². The van der Waals surface area contributed by atoms with Crippen molar-refractivity contribution in [1.29, 1.82) is 0 Å². The van der Waals surface area contributed by atoms with Crippen molar-refractivity contribution >= 4 is 5.91 Å². The minimum Gasteiger partial charge on any atom is -0.370 e. The van der Waals surface area contributed by atoms with E-state index in [1.807, 2.05) is 0 Å². The van der Waals surface area contributed by atoms with Gasteiger partial charge in [-0.15, -0.1) is 0 Å². The number of hydrogen-bond donors (Lipinski definition) is 2. The van der Waals surface area contributed by atoms with Crippen LogP contribution in [0.15, 0.2) is 0 Å². The summed E-state index contributed by atoms with van der Waals surface area (Å²) in [5.74, 6) is 0.783. The van der Waals surface area contributed by atoms with Crippen LogP contribution in [-0.2, 0) is 9.53 Å². The van der Waals surface area contributed by atoms with Crippen molar-refractivity contribution in [1.82, 2.24) is 5.32 Å². The highest BCUT2D eigenvalue weighted by Crippen LogP contribution is 2.40. The van der Waals surface area contributed by atoms with E-state index in [-0.39, 0.29) is 12.5 Å². The van der Waals surface area contributed by atoms with Crippen LogP contribution in [0.25, 0.3) is 0 Å². The summed E-state index contributed by atoms with van der Waals surface area (Å²) in [6.45, 7) is 8.03. The maximum absolute atomic E-state index is 11.6. The largest absolute Gasteiger partial charge is 0.370 e. The van der Waals surface area contributed by atoms with Gasteiger partial charge in [0.1, 0.15) is 6.61 Å². The molecule has 0 spiro atoms. The maximum atomic E-state index is 11.6. The Kier molecular flexibility index (Phi) is 6.80. The Bertz CT molecular complexity index is 271. The van der Waals surface area contributed by atoms with Gasteiger partial charge in [-0.2, -0.15) is 0 Å². The maximum Gasteiger partial charge on any atom is 0.246 e. The Balaban J connectivity index is 2.25. The third-order valence-corrected chi connectivity index (χ3v) is 4.60. The van der Waals surface area contributed by atoms with Crippen LogP contribution in [0.5, 0.6) is 0 Å². The number of nitrogens with two attached hydrogens (primary N) is 1. The fourth-order valence-corrected chi connectivity index (χ4v) is 2.83. The zero-order valence-corrected chi connectivity index (χ0v) is 12.7. The van der Waals surface area contributed by atoms with Crippen molar-refractivity contribution in [2.45, 2.75) is 58.9 Å². The van der Waals surface area contributed by atoms with E-state index in [9.17, 15) is 4.79 Å². The molecule has 112 valence electrons. The van der Waals surface area contributed by atoms with Gasteiger partial charge < -0.3 is 15.8 Å². The van der Waals surface area contributed by atoms with Gasteiger partial charge in [0, 0.05) is 12.6 Å². The SMILES string of the molecule is CCC(C)(C)C1CCC(NC(=O)COCCN)CC1. The van der Waals surface area contributed by atoms with Crippen LogP contribution in [0.2, 0.25) is 0 Å². The molecule has 0 aromatic carbocycles. The van der Waals surface area contributed by atoms with E-state index < -0.39 is 0 Å². The minimum atomic E-state index is -0.00773. The fourth-order valence-electron chi connectivity index (χ4n) is 2.83. The van der Waals surface area contributed by atoms with E-state index in [0.29, 0.717) is 24.6 Å². The van der Waals surface area contributed by atoms with Crippen LogP contribution in [0.4, 0.5) is 0 Å². The molecule has 0 radical (unpaired) electrons. The van der Waals surface area contributed by atoms with Gasteiger partial charge in [0.2, 0.25) is 5.91 Å². The monoisotopic (exact) mass is 270 g/mol. The number of carbonyl (C=O) groups excluding carboxylic acids is 1. The van der Waals surface area contributed by atoms with Gasteiger partial charge in [0.25, 0.3) is 0 Å². The average molecular weight is 270 g/mol. The molecular formula is C15H30N2O2. The average Bonchev–Trinajstić information content (AvgIpc) is 2.39. The molecule has 1 fully saturated rings. The van der Waals surface area contributed by atoms with Crippen molar-refractivity contribution in [3.63, 3.8) is 0 Å². The number of carbonyl (C=O) groups is 1. The molecule has 0 bridgehead atoms. The minimum absolute atomic E-state index is 0.00773. The molecule has 0 aromatic heterocycles. The van der Waals surface area contributed by atoms with Crippen molar-refractivity contribution in [2.24, 2.45) is 17.1 Å². The Morgan fingerprint density at radius 3 is 2.47 bits per heavy atom. The van der Waals surface area contributed by atoms with E-state index >= 15 is 0 Å². The summed E-state index contributed by atoms with van der Waals surface area (Å²) in [6, 6.07) is 0.331. The first-order valence-corrected chi connectivity index (χ1v) is 7.56. The molecule has 1 amide bonds. The molecule has 1 aliphatic rings. The predicted molar refractivity (Wildman–Crippen MR) is 77.8 cm³/mol. The van der Waals surface area contributed by atoms with Gasteiger partial charge in [-0.3, -0.25) is 4.79 Å². The number of rotatable bonds is 7. The lowest BCUT2D eigenvalue weighted by Gasteiger charge is -2.39. The molecule has 1 rings (SSSR count). The highest BCUT2D eigenvalue weighted by molar-refractivity contribution is 5.77. The number of amides is 1. The van der Waals surface area contributed by atoms with Crippen LogP contribution in [0.3, 0.4) is 0 Å². The number of hydrogen-bond acceptors (Lipinski definition) is 3. The first-order valence-electron chi connectivity index (χ1n) is 7.56. The normalized spacial score (nSPS) is 24.2. The van der Waals surface area contributed by atoms with E-state index in [1.165, 1.54) is 19.3 Å². The summed E-state index contributed by atoms with van der Waals surface area (Å²) in [5, 5.41) is 3.06. The van der Waals surface area contributed by atoms with Crippen molar-refractivity contribution in [2.75, 3.05) is 19.8 Å². The Morgan fingerprint density at radius 2 is 1.95 bits per heavy atom. The zero-order chi connectivity index (χ0) is 14.3. The van der Waals surface area contributed by atoms with E-state index in [4.69, 9.17) is 10.5 Å². The van der Waals surface area contributed by atoms with Crippen LogP contribution in [0.1, 0.15) is 52.9 Å². The molecule has 1 saturated carbocycles. The Morgan fingerprint density at radius 1 is 1.32 bits per heavy atom. The zero-order valence-electron chi connectivity index (χ0n) is 12.7. The first-order chi connectivity index (χ1) is 8.99. The van der Waals surface area contributed by atoms with Gasteiger partial charge >= 0.3 is 0 Å². The quantitative estimate of drug-likeness (QED) is 0.696. The lowest BCUT2D eigenvalue weighted by Crippen LogP contribution is -2.41. The molecule has 0 saturated heterocycles. The molecule has 3 N–H and O–H groups in total. The first kappa shape index (κ1) is 16.4. The highest BCUT2D eigenvalue weighted by Gasteiger charge is 2.32. The van der Waals surface area contributed by atoms with E-state index in [1.54, 1.807) is 0 Å². The summed E-state index contributed by atoms with van der Waals surface area (Å²) in [7, 11) is 0. The van der Waals surface area contributed by atoms with E-state index in [2.05, 4.69) is 26.1 Å². The van der Waals surface area contributed by atoms with Crippen LogP contribution >= 0.6 is 0 Å². The summed E-state index contributed by atoms with van der Waals surface area (Å²) in [5.41, 5.74) is 5.74. The van der Waals surface area contributed by atoms with Gasteiger partial charge in [-0.05, 0) is 37.0 Å². The second-order valence-corrected chi connectivity index (χ2v) is 6.30. The summed E-state index contributed by atoms with van der Waals surface area (Å²) >= 11 is 0. The topological polar surface area (TPSA) is 64.3 Å². The van der Waals surface area contributed by atoms with Gasteiger partial charge in [-0.1, -0.05) is 27.2 Å². The predicted octanol–water partition coefficient (Wildman–Crippen LogP) is 2.07.